The average molecular weight is 271 g/mol. The van der Waals surface area contributed by atoms with E-state index in [1.165, 1.54) is 8.61 Å². The van der Waals surface area contributed by atoms with Gasteiger partial charge in [-0.05, 0) is 19.3 Å². The molecule has 0 aromatic heterocycles. The number of rotatable bonds is 8. The highest BCUT2D eigenvalue weighted by atomic mass is 35.5. The predicted molar refractivity (Wildman–Crippen MR) is 69.0 cm³/mol. The molecule has 0 spiro atoms. The summed E-state index contributed by atoms with van der Waals surface area (Å²) in [6.07, 6.45) is 2.33. The fourth-order valence-electron chi connectivity index (χ4n) is 1.61. The number of hydrogen-bond acceptors (Lipinski definition) is 2. The van der Waals surface area contributed by atoms with Crippen LogP contribution in [-0.2, 0) is 10.2 Å². The summed E-state index contributed by atoms with van der Waals surface area (Å²) in [5.74, 6) is 0.481. The summed E-state index contributed by atoms with van der Waals surface area (Å²) in [5.41, 5.74) is 0. The maximum absolute atomic E-state index is 12.1. The summed E-state index contributed by atoms with van der Waals surface area (Å²) in [7, 11) is -0.0856. The van der Waals surface area contributed by atoms with Gasteiger partial charge in [-0.15, -0.1) is 11.6 Å². The standard InChI is InChI=1S/C10H23ClN2O2S/c1-5-10(6-2)13(4)16(14,15)12(3)9-7-8-11/h10H,5-9H2,1-4H3. The van der Waals surface area contributed by atoms with Crippen LogP contribution in [0.5, 0.6) is 0 Å². The van der Waals surface area contributed by atoms with E-state index < -0.39 is 10.2 Å². The van der Waals surface area contributed by atoms with Crippen molar-refractivity contribution in [3.05, 3.63) is 0 Å². The smallest absolute Gasteiger partial charge is 0.195 e. The molecule has 0 aliphatic carbocycles. The topological polar surface area (TPSA) is 40.6 Å². The first kappa shape index (κ1) is 16.2. The van der Waals surface area contributed by atoms with Crippen molar-refractivity contribution in [2.75, 3.05) is 26.5 Å². The summed E-state index contributed by atoms with van der Waals surface area (Å²) >= 11 is 5.56. The van der Waals surface area contributed by atoms with Gasteiger partial charge in [0, 0.05) is 32.6 Å². The Bertz CT molecular complexity index is 279. The summed E-state index contributed by atoms with van der Waals surface area (Å²) in [5, 5.41) is 0. The molecule has 0 N–H and O–H groups in total. The monoisotopic (exact) mass is 270 g/mol. The summed E-state index contributed by atoms with van der Waals surface area (Å²) in [6, 6.07) is 0.0726. The number of nitrogens with zero attached hydrogens (tertiary/aromatic N) is 2. The highest BCUT2D eigenvalue weighted by molar-refractivity contribution is 7.86. The molecule has 0 saturated heterocycles. The molecule has 0 heterocycles. The van der Waals surface area contributed by atoms with Crippen LogP contribution in [0.15, 0.2) is 0 Å². The minimum absolute atomic E-state index is 0.0726. The second kappa shape index (κ2) is 7.48. The third-order valence-electron chi connectivity index (χ3n) is 2.82. The van der Waals surface area contributed by atoms with Crippen molar-refractivity contribution in [3.63, 3.8) is 0 Å². The van der Waals surface area contributed by atoms with E-state index in [0.29, 0.717) is 18.8 Å². The van der Waals surface area contributed by atoms with Gasteiger partial charge in [0.15, 0.2) is 0 Å². The van der Waals surface area contributed by atoms with Gasteiger partial charge in [-0.3, -0.25) is 0 Å². The van der Waals surface area contributed by atoms with Gasteiger partial charge in [0.05, 0.1) is 0 Å². The first-order valence-corrected chi connectivity index (χ1v) is 7.60. The SMILES string of the molecule is CCC(CC)N(C)S(=O)(=O)N(C)CCCCl. The van der Waals surface area contributed by atoms with Crippen molar-refractivity contribution < 1.29 is 8.42 Å². The number of halogens is 1. The van der Waals surface area contributed by atoms with Gasteiger partial charge in [-0.2, -0.15) is 17.0 Å². The highest BCUT2D eigenvalue weighted by Gasteiger charge is 2.27. The molecule has 0 aliphatic heterocycles. The lowest BCUT2D eigenvalue weighted by Gasteiger charge is -2.29. The fraction of sp³-hybridized carbons (Fsp3) is 1.00. The maximum Gasteiger partial charge on any atom is 0.281 e. The minimum atomic E-state index is -3.33. The molecular formula is C10H23ClN2O2S. The van der Waals surface area contributed by atoms with Crippen molar-refractivity contribution in [2.45, 2.75) is 39.2 Å². The normalized spacial score (nSPS) is 13.0. The third-order valence-corrected chi connectivity index (χ3v) is 5.08. The van der Waals surface area contributed by atoms with E-state index in [1.54, 1.807) is 14.1 Å². The van der Waals surface area contributed by atoms with E-state index >= 15 is 0 Å². The molecule has 4 nitrogen and oxygen atoms in total. The minimum Gasteiger partial charge on any atom is -0.195 e. The molecule has 0 fully saturated rings. The Kier molecular flexibility index (Phi) is 7.55. The maximum atomic E-state index is 12.1. The summed E-state index contributed by atoms with van der Waals surface area (Å²) in [6.45, 7) is 4.47. The lowest BCUT2D eigenvalue weighted by Crippen LogP contribution is -2.45. The molecule has 6 heteroatoms. The lowest BCUT2D eigenvalue weighted by atomic mass is 10.2. The van der Waals surface area contributed by atoms with Crippen LogP contribution in [0.1, 0.15) is 33.1 Å². The Morgan fingerprint density at radius 3 is 2.06 bits per heavy atom. The average Bonchev–Trinajstić information content (AvgIpc) is 2.27. The van der Waals surface area contributed by atoms with E-state index in [2.05, 4.69) is 0 Å². The second-order valence-corrected chi connectivity index (χ2v) is 6.33. The Morgan fingerprint density at radius 1 is 1.19 bits per heavy atom. The molecule has 0 aromatic carbocycles. The first-order valence-electron chi connectivity index (χ1n) is 5.67. The molecule has 0 aliphatic rings. The van der Waals surface area contributed by atoms with E-state index in [0.717, 1.165) is 12.8 Å². The third kappa shape index (κ3) is 4.20. The van der Waals surface area contributed by atoms with Gasteiger partial charge in [0.1, 0.15) is 0 Å². The predicted octanol–water partition coefficient (Wildman–Crippen LogP) is 1.91. The molecule has 0 unspecified atom stereocenters. The van der Waals surface area contributed by atoms with Gasteiger partial charge in [-0.1, -0.05) is 13.8 Å². The Morgan fingerprint density at radius 2 is 1.69 bits per heavy atom. The molecule has 0 saturated carbocycles. The van der Waals surface area contributed by atoms with Crippen LogP contribution in [-0.4, -0.2) is 49.6 Å². The van der Waals surface area contributed by atoms with Crippen molar-refractivity contribution >= 4 is 21.8 Å². The zero-order valence-electron chi connectivity index (χ0n) is 10.6. The van der Waals surface area contributed by atoms with Crippen molar-refractivity contribution in [3.8, 4) is 0 Å². The van der Waals surface area contributed by atoms with Crippen molar-refractivity contribution in [1.82, 2.24) is 8.61 Å². The van der Waals surface area contributed by atoms with E-state index in [9.17, 15) is 8.42 Å². The summed E-state index contributed by atoms with van der Waals surface area (Å²) in [4.78, 5) is 0. The van der Waals surface area contributed by atoms with E-state index in [1.807, 2.05) is 13.8 Å². The molecule has 16 heavy (non-hydrogen) atoms. The largest absolute Gasteiger partial charge is 0.281 e. The van der Waals surface area contributed by atoms with Gasteiger partial charge >= 0.3 is 0 Å². The fourth-order valence-corrected chi connectivity index (χ4v) is 3.20. The molecule has 0 amide bonds. The van der Waals surface area contributed by atoms with Crippen LogP contribution in [0.3, 0.4) is 0 Å². The quantitative estimate of drug-likeness (QED) is 0.632. The van der Waals surface area contributed by atoms with Gasteiger partial charge < -0.3 is 0 Å². The zero-order chi connectivity index (χ0) is 12.8. The van der Waals surface area contributed by atoms with Crippen LogP contribution in [0.2, 0.25) is 0 Å². The van der Waals surface area contributed by atoms with E-state index in [4.69, 9.17) is 11.6 Å². The molecule has 0 rings (SSSR count). The Balaban J connectivity index is 4.63. The zero-order valence-corrected chi connectivity index (χ0v) is 12.2. The first-order chi connectivity index (χ1) is 7.41. The Labute approximate surface area is 105 Å². The molecule has 98 valence electrons. The molecule has 0 atom stereocenters. The number of alkyl halides is 1. The van der Waals surface area contributed by atoms with Crippen molar-refractivity contribution in [2.24, 2.45) is 0 Å². The van der Waals surface area contributed by atoms with Crippen LogP contribution >= 0.6 is 11.6 Å². The molecule has 0 aromatic rings. The van der Waals surface area contributed by atoms with Crippen LogP contribution in [0.4, 0.5) is 0 Å². The highest BCUT2D eigenvalue weighted by Crippen LogP contribution is 2.14. The summed E-state index contributed by atoms with van der Waals surface area (Å²) < 4.78 is 27.0. The second-order valence-electron chi connectivity index (χ2n) is 3.86. The molecular weight excluding hydrogens is 248 g/mol. The van der Waals surface area contributed by atoms with Crippen LogP contribution in [0.25, 0.3) is 0 Å². The van der Waals surface area contributed by atoms with Crippen LogP contribution < -0.4 is 0 Å². The van der Waals surface area contributed by atoms with Crippen LogP contribution in [0, 0.1) is 0 Å². The van der Waals surface area contributed by atoms with E-state index in [-0.39, 0.29) is 6.04 Å². The molecule has 0 bridgehead atoms. The van der Waals surface area contributed by atoms with Gasteiger partial charge in [0.25, 0.3) is 10.2 Å². The van der Waals surface area contributed by atoms with Gasteiger partial charge in [-0.25, -0.2) is 0 Å². The number of hydrogen-bond donors (Lipinski definition) is 0. The van der Waals surface area contributed by atoms with Gasteiger partial charge in [0.2, 0.25) is 0 Å². The molecule has 0 radical (unpaired) electrons. The lowest BCUT2D eigenvalue weighted by molar-refractivity contribution is 0.317. The Hall–Kier alpha value is 0.160. The van der Waals surface area contributed by atoms with Crippen molar-refractivity contribution in [1.29, 1.82) is 0 Å².